The maximum absolute atomic E-state index is 5.45. The lowest BCUT2D eigenvalue weighted by Crippen LogP contribution is -1.93. The van der Waals surface area contributed by atoms with Crippen LogP contribution >= 0.6 is 11.3 Å². The molecule has 0 spiro atoms. The molecule has 0 bridgehead atoms. The summed E-state index contributed by atoms with van der Waals surface area (Å²) in [5, 5.41) is 5.16. The zero-order valence-electron chi connectivity index (χ0n) is 25.3. The molecule has 0 fully saturated rings. The van der Waals surface area contributed by atoms with Crippen LogP contribution in [0.3, 0.4) is 0 Å². The SMILES string of the molecule is COc1ccc(-c2ccc3c(c2)c2c4c(sc5ccc(-c6ccccc6)cc54)c(-c4ccccc4)cc2n3-c2ccccc2)cc1. The largest absolute Gasteiger partial charge is 0.497 e. The number of para-hydroxylation sites is 1. The number of aromatic nitrogens is 1. The Bertz CT molecular complexity index is 2530. The van der Waals surface area contributed by atoms with Crippen LogP contribution in [0, 0.1) is 0 Å². The molecule has 9 aromatic rings. The highest BCUT2D eigenvalue weighted by molar-refractivity contribution is 7.26. The molecule has 3 heteroatoms. The molecule has 2 heterocycles. The first-order valence-corrected chi connectivity index (χ1v) is 16.4. The summed E-state index contributed by atoms with van der Waals surface area (Å²) in [7, 11) is 1.71. The lowest BCUT2D eigenvalue weighted by molar-refractivity contribution is 0.415. The van der Waals surface area contributed by atoms with Crippen molar-refractivity contribution in [3.63, 3.8) is 0 Å². The first kappa shape index (κ1) is 26.7. The van der Waals surface area contributed by atoms with Crippen LogP contribution in [0.1, 0.15) is 0 Å². The number of fused-ring (bicyclic) bond motifs is 7. The fraction of sp³-hybridized carbons (Fsp3) is 0.0233. The summed E-state index contributed by atoms with van der Waals surface area (Å²) in [6, 6.07) is 57.0. The van der Waals surface area contributed by atoms with Crippen molar-refractivity contribution in [2.75, 3.05) is 7.11 Å². The van der Waals surface area contributed by atoms with Gasteiger partial charge in [-0.05, 0) is 82.4 Å². The van der Waals surface area contributed by atoms with Gasteiger partial charge in [-0.15, -0.1) is 11.3 Å². The molecular formula is C43H29NOS. The lowest BCUT2D eigenvalue weighted by atomic mass is 9.96. The Morgan fingerprint density at radius 1 is 0.478 bits per heavy atom. The molecule has 0 atom stereocenters. The Hall–Kier alpha value is -5.64. The van der Waals surface area contributed by atoms with Gasteiger partial charge in [-0.3, -0.25) is 0 Å². The Balaban J connectivity index is 1.46. The summed E-state index contributed by atoms with van der Waals surface area (Å²) in [6.07, 6.45) is 0. The molecule has 7 aromatic carbocycles. The minimum Gasteiger partial charge on any atom is -0.497 e. The number of benzene rings is 7. The molecule has 218 valence electrons. The van der Waals surface area contributed by atoms with E-state index in [2.05, 4.69) is 150 Å². The van der Waals surface area contributed by atoms with Gasteiger partial charge >= 0.3 is 0 Å². The fourth-order valence-corrected chi connectivity index (χ4v) is 8.14. The third-order valence-corrected chi connectivity index (χ3v) is 10.3. The van der Waals surface area contributed by atoms with Crippen LogP contribution in [-0.2, 0) is 0 Å². The van der Waals surface area contributed by atoms with Crippen LogP contribution in [0.4, 0.5) is 0 Å². The van der Waals surface area contributed by atoms with Gasteiger partial charge in [0, 0.05) is 42.2 Å². The van der Waals surface area contributed by atoms with Crippen LogP contribution in [0.25, 0.3) is 81.0 Å². The number of methoxy groups -OCH3 is 1. The molecule has 0 unspecified atom stereocenters. The number of nitrogens with zero attached hydrogens (tertiary/aromatic N) is 1. The van der Waals surface area contributed by atoms with Gasteiger partial charge in [0.1, 0.15) is 5.75 Å². The van der Waals surface area contributed by atoms with Crippen LogP contribution in [0.15, 0.2) is 158 Å². The van der Waals surface area contributed by atoms with Crippen molar-refractivity contribution in [1.82, 2.24) is 4.57 Å². The monoisotopic (exact) mass is 607 g/mol. The Morgan fingerprint density at radius 3 is 1.76 bits per heavy atom. The van der Waals surface area contributed by atoms with Gasteiger partial charge in [-0.2, -0.15) is 0 Å². The van der Waals surface area contributed by atoms with Crippen molar-refractivity contribution in [3.05, 3.63) is 158 Å². The van der Waals surface area contributed by atoms with Gasteiger partial charge in [0.2, 0.25) is 0 Å². The fourth-order valence-electron chi connectivity index (χ4n) is 6.91. The van der Waals surface area contributed by atoms with E-state index in [1.807, 2.05) is 23.5 Å². The first-order valence-electron chi connectivity index (χ1n) is 15.5. The average molecular weight is 608 g/mol. The molecule has 2 nitrogen and oxygen atoms in total. The lowest BCUT2D eigenvalue weighted by Gasteiger charge is -2.10. The van der Waals surface area contributed by atoms with E-state index in [-0.39, 0.29) is 0 Å². The molecule has 0 aliphatic rings. The molecule has 0 saturated heterocycles. The topological polar surface area (TPSA) is 14.2 Å². The minimum absolute atomic E-state index is 0.861. The maximum atomic E-state index is 5.45. The summed E-state index contributed by atoms with van der Waals surface area (Å²) in [4.78, 5) is 0. The molecule has 0 aliphatic heterocycles. The van der Waals surface area contributed by atoms with E-state index in [9.17, 15) is 0 Å². The van der Waals surface area contributed by atoms with Crippen molar-refractivity contribution in [1.29, 1.82) is 0 Å². The van der Waals surface area contributed by atoms with E-state index < -0.39 is 0 Å². The van der Waals surface area contributed by atoms with Crippen molar-refractivity contribution in [3.8, 4) is 44.8 Å². The summed E-state index contributed by atoms with van der Waals surface area (Å²) in [5.74, 6) is 0.861. The van der Waals surface area contributed by atoms with Gasteiger partial charge in [0.15, 0.2) is 0 Å². The van der Waals surface area contributed by atoms with Gasteiger partial charge in [0.05, 0.1) is 18.1 Å². The third-order valence-electron chi connectivity index (χ3n) is 9.10. The highest BCUT2D eigenvalue weighted by atomic mass is 32.1. The standard InChI is InChI=1S/C43H29NOS/c1-45-34-21-17-29(18-22-34)31-19-23-38-36(25-31)41-39(44(38)33-15-9-4-10-16-33)27-35(30-13-7-3-8-14-30)43-42(41)37-26-32(20-24-40(37)46-43)28-11-5-2-6-12-28/h2-27H,1H3. The highest BCUT2D eigenvalue weighted by Crippen LogP contribution is 2.49. The van der Waals surface area contributed by atoms with Crippen LogP contribution in [0.2, 0.25) is 0 Å². The number of hydrogen-bond acceptors (Lipinski definition) is 2. The molecule has 2 aromatic heterocycles. The second kappa shape index (κ2) is 10.8. The van der Waals surface area contributed by atoms with Gasteiger partial charge in [0.25, 0.3) is 0 Å². The zero-order chi connectivity index (χ0) is 30.6. The maximum Gasteiger partial charge on any atom is 0.118 e. The molecule has 0 N–H and O–H groups in total. The second-order valence-corrected chi connectivity index (χ2v) is 12.8. The molecule has 0 amide bonds. The summed E-state index contributed by atoms with van der Waals surface area (Å²) >= 11 is 1.90. The quantitative estimate of drug-likeness (QED) is 0.190. The van der Waals surface area contributed by atoms with Gasteiger partial charge in [-0.25, -0.2) is 0 Å². The first-order chi connectivity index (χ1) is 22.8. The second-order valence-electron chi connectivity index (χ2n) is 11.7. The summed E-state index contributed by atoms with van der Waals surface area (Å²) < 4.78 is 10.5. The van der Waals surface area contributed by atoms with E-state index >= 15 is 0 Å². The zero-order valence-corrected chi connectivity index (χ0v) is 26.1. The van der Waals surface area contributed by atoms with E-state index in [0.29, 0.717) is 0 Å². The molecule has 0 saturated carbocycles. The Morgan fingerprint density at radius 2 is 1.07 bits per heavy atom. The summed E-state index contributed by atoms with van der Waals surface area (Å²) in [5.41, 5.74) is 10.9. The predicted octanol–water partition coefficient (Wildman–Crippen LogP) is 12.2. The van der Waals surface area contributed by atoms with Crippen LogP contribution < -0.4 is 4.74 Å². The molecular weight excluding hydrogens is 579 g/mol. The number of ether oxygens (including phenoxy) is 1. The van der Waals surface area contributed by atoms with E-state index in [1.165, 1.54) is 75.4 Å². The minimum atomic E-state index is 0.861. The van der Waals surface area contributed by atoms with Crippen molar-refractivity contribution < 1.29 is 4.74 Å². The van der Waals surface area contributed by atoms with Crippen molar-refractivity contribution in [2.24, 2.45) is 0 Å². The van der Waals surface area contributed by atoms with E-state index in [0.717, 1.165) is 11.4 Å². The van der Waals surface area contributed by atoms with Gasteiger partial charge in [-0.1, -0.05) is 103 Å². The van der Waals surface area contributed by atoms with E-state index in [1.54, 1.807) is 7.11 Å². The number of hydrogen-bond donors (Lipinski definition) is 0. The number of rotatable bonds is 5. The molecule has 9 rings (SSSR count). The smallest absolute Gasteiger partial charge is 0.118 e. The number of thiophene rings is 1. The molecule has 46 heavy (non-hydrogen) atoms. The summed E-state index contributed by atoms with van der Waals surface area (Å²) in [6.45, 7) is 0. The normalized spacial score (nSPS) is 11.6. The Labute approximate surface area is 271 Å². The van der Waals surface area contributed by atoms with Crippen molar-refractivity contribution in [2.45, 2.75) is 0 Å². The molecule has 0 radical (unpaired) electrons. The van der Waals surface area contributed by atoms with E-state index in [4.69, 9.17) is 4.74 Å². The van der Waals surface area contributed by atoms with Gasteiger partial charge < -0.3 is 9.30 Å². The average Bonchev–Trinajstić information content (AvgIpc) is 3.67. The van der Waals surface area contributed by atoms with Crippen molar-refractivity contribution >= 4 is 53.3 Å². The molecule has 0 aliphatic carbocycles. The Kier molecular flexibility index (Phi) is 6.25. The highest BCUT2D eigenvalue weighted by Gasteiger charge is 2.22. The van der Waals surface area contributed by atoms with Crippen LogP contribution in [-0.4, -0.2) is 11.7 Å². The predicted molar refractivity (Wildman–Crippen MR) is 197 cm³/mol. The third kappa shape index (κ3) is 4.24. The van der Waals surface area contributed by atoms with Crippen LogP contribution in [0.5, 0.6) is 5.75 Å².